The van der Waals surface area contributed by atoms with E-state index in [1.807, 2.05) is 49.4 Å². The molecular weight excluding hydrogens is 222 g/mol. The average Bonchev–Trinajstić information content (AvgIpc) is 2.82. The third-order valence-corrected chi connectivity index (χ3v) is 2.86. The zero-order valence-corrected chi connectivity index (χ0v) is 10.1. The van der Waals surface area contributed by atoms with E-state index in [1.54, 1.807) is 4.68 Å². The van der Waals surface area contributed by atoms with Gasteiger partial charge >= 0.3 is 0 Å². The van der Waals surface area contributed by atoms with Crippen molar-refractivity contribution in [3.63, 3.8) is 0 Å². The Balaban J connectivity index is 2.20. The van der Waals surface area contributed by atoms with Crippen molar-refractivity contribution >= 4 is 16.6 Å². The first-order valence-electron chi connectivity index (χ1n) is 5.74. The maximum absolute atomic E-state index is 4.17. The van der Waals surface area contributed by atoms with Crippen LogP contribution in [0.15, 0.2) is 49.0 Å². The van der Waals surface area contributed by atoms with Crippen LogP contribution in [0.1, 0.15) is 12.5 Å². The number of hydrogen-bond donors (Lipinski definition) is 0. The molecule has 0 fully saturated rings. The van der Waals surface area contributed by atoms with Gasteiger partial charge in [-0.25, -0.2) is 4.68 Å². The molecule has 2 aromatic carbocycles. The maximum atomic E-state index is 4.17. The molecule has 0 saturated heterocycles. The standard InChI is InChI=1S/C15H12N3/c1-11(2)12-6-5-7-13(10-12)18-15-9-4-3-8-14(15)16-17-18/h3-6,8-10H,1H2,2H3. The van der Waals surface area contributed by atoms with Crippen molar-refractivity contribution in [1.29, 1.82) is 0 Å². The van der Waals surface area contributed by atoms with Gasteiger partial charge in [0.2, 0.25) is 0 Å². The summed E-state index contributed by atoms with van der Waals surface area (Å²) in [6, 6.07) is 16.9. The molecule has 0 spiro atoms. The number of hydrogen-bond acceptors (Lipinski definition) is 2. The molecule has 0 amide bonds. The molecule has 1 radical (unpaired) electrons. The highest BCUT2D eigenvalue weighted by molar-refractivity contribution is 5.76. The van der Waals surface area contributed by atoms with Gasteiger partial charge in [-0.05, 0) is 30.7 Å². The van der Waals surface area contributed by atoms with Gasteiger partial charge < -0.3 is 0 Å². The fourth-order valence-electron chi connectivity index (χ4n) is 1.89. The lowest BCUT2D eigenvalue weighted by atomic mass is 10.1. The quantitative estimate of drug-likeness (QED) is 0.681. The minimum atomic E-state index is 0.879. The van der Waals surface area contributed by atoms with Crippen LogP contribution in [0, 0.1) is 6.07 Å². The Hall–Kier alpha value is -2.42. The molecule has 0 saturated carbocycles. The van der Waals surface area contributed by atoms with Crippen LogP contribution in [0.2, 0.25) is 0 Å². The number of rotatable bonds is 2. The molecular formula is C15H12N3. The molecule has 18 heavy (non-hydrogen) atoms. The van der Waals surface area contributed by atoms with Gasteiger partial charge in [-0.15, -0.1) is 5.10 Å². The second-order valence-electron chi connectivity index (χ2n) is 4.23. The molecule has 0 aliphatic rings. The molecule has 0 atom stereocenters. The lowest BCUT2D eigenvalue weighted by molar-refractivity contribution is 0.823. The summed E-state index contributed by atoms with van der Waals surface area (Å²) in [5.41, 5.74) is 4.85. The van der Waals surface area contributed by atoms with Gasteiger partial charge in [0, 0.05) is 6.07 Å². The Kier molecular flexibility index (Phi) is 2.45. The van der Waals surface area contributed by atoms with Crippen molar-refractivity contribution in [1.82, 2.24) is 15.0 Å². The first-order valence-corrected chi connectivity index (χ1v) is 5.74. The normalized spacial score (nSPS) is 10.7. The second kappa shape index (κ2) is 4.11. The highest BCUT2D eigenvalue weighted by Crippen LogP contribution is 2.19. The van der Waals surface area contributed by atoms with E-state index < -0.39 is 0 Å². The molecule has 3 aromatic rings. The molecule has 0 bridgehead atoms. The molecule has 0 N–H and O–H groups in total. The van der Waals surface area contributed by atoms with E-state index in [9.17, 15) is 0 Å². The molecule has 0 unspecified atom stereocenters. The van der Waals surface area contributed by atoms with Crippen LogP contribution in [-0.2, 0) is 0 Å². The Bertz CT molecular complexity index is 725. The minimum absolute atomic E-state index is 0.879. The fraction of sp³-hybridized carbons (Fsp3) is 0.0667. The Morgan fingerprint density at radius 2 is 2.11 bits per heavy atom. The van der Waals surface area contributed by atoms with Crippen LogP contribution in [0.4, 0.5) is 0 Å². The van der Waals surface area contributed by atoms with Gasteiger partial charge in [0.1, 0.15) is 5.52 Å². The van der Waals surface area contributed by atoms with Crippen molar-refractivity contribution < 1.29 is 0 Å². The summed E-state index contributed by atoms with van der Waals surface area (Å²) in [5, 5.41) is 8.31. The van der Waals surface area contributed by atoms with Crippen LogP contribution >= 0.6 is 0 Å². The van der Waals surface area contributed by atoms with Crippen molar-refractivity contribution in [3.05, 3.63) is 60.7 Å². The second-order valence-corrected chi connectivity index (χ2v) is 4.23. The molecule has 3 nitrogen and oxygen atoms in total. The van der Waals surface area contributed by atoms with Gasteiger partial charge in [-0.3, -0.25) is 0 Å². The zero-order chi connectivity index (χ0) is 12.5. The fourth-order valence-corrected chi connectivity index (χ4v) is 1.89. The van der Waals surface area contributed by atoms with Crippen molar-refractivity contribution in [2.45, 2.75) is 6.92 Å². The molecule has 3 heteroatoms. The van der Waals surface area contributed by atoms with Crippen LogP contribution < -0.4 is 0 Å². The summed E-state index contributed by atoms with van der Waals surface area (Å²) in [5.74, 6) is 0. The largest absolute Gasteiger partial charge is 0.212 e. The number of fused-ring (bicyclic) bond motifs is 1. The lowest BCUT2D eigenvalue weighted by Crippen LogP contribution is -1.97. The zero-order valence-electron chi connectivity index (χ0n) is 10.1. The molecule has 0 aliphatic carbocycles. The molecule has 3 rings (SSSR count). The lowest BCUT2D eigenvalue weighted by Gasteiger charge is -2.04. The van der Waals surface area contributed by atoms with Crippen molar-refractivity contribution in [3.8, 4) is 5.69 Å². The van der Waals surface area contributed by atoms with Crippen LogP contribution in [0.5, 0.6) is 0 Å². The van der Waals surface area contributed by atoms with Gasteiger partial charge in [0.15, 0.2) is 0 Å². The van der Waals surface area contributed by atoms with Gasteiger partial charge in [-0.1, -0.05) is 41.6 Å². The summed E-state index contributed by atoms with van der Waals surface area (Å²) in [7, 11) is 0. The van der Waals surface area contributed by atoms with E-state index in [4.69, 9.17) is 0 Å². The Morgan fingerprint density at radius 1 is 1.28 bits per heavy atom. The van der Waals surface area contributed by atoms with Crippen LogP contribution in [0.25, 0.3) is 22.3 Å². The molecule has 0 aliphatic heterocycles. The van der Waals surface area contributed by atoms with Crippen LogP contribution in [-0.4, -0.2) is 15.0 Å². The molecule has 87 valence electrons. The molecule has 1 heterocycles. The Labute approximate surface area is 105 Å². The summed E-state index contributed by atoms with van der Waals surface area (Å²) >= 11 is 0. The van der Waals surface area contributed by atoms with Gasteiger partial charge in [0.25, 0.3) is 0 Å². The number of allylic oxidation sites excluding steroid dienone is 1. The molecule has 1 aromatic heterocycles. The first-order chi connectivity index (χ1) is 8.75. The number of aromatic nitrogens is 3. The highest BCUT2D eigenvalue weighted by atomic mass is 15.4. The van der Waals surface area contributed by atoms with E-state index in [2.05, 4.69) is 23.0 Å². The van der Waals surface area contributed by atoms with Gasteiger partial charge in [0.05, 0.1) is 11.2 Å². The van der Waals surface area contributed by atoms with E-state index in [1.165, 1.54) is 0 Å². The average molecular weight is 234 g/mol. The summed E-state index contributed by atoms with van der Waals surface area (Å²) in [6.45, 7) is 5.94. The maximum Gasteiger partial charge on any atom is 0.113 e. The third kappa shape index (κ3) is 1.70. The topological polar surface area (TPSA) is 30.7 Å². The number of nitrogens with zero attached hydrogens (tertiary/aromatic N) is 3. The Morgan fingerprint density at radius 3 is 2.94 bits per heavy atom. The summed E-state index contributed by atoms with van der Waals surface area (Å²) in [4.78, 5) is 0. The third-order valence-electron chi connectivity index (χ3n) is 2.86. The predicted molar refractivity (Wildman–Crippen MR) is 72.4 cm³/mol. The van der Waals surface area contributed by atoms with E-state index in [-0.39, 0.29) is 0 Å². The van der Waals surface area contributed by atoms with Crippen molar-refractivity contribution in [2.75, 3.05) is 0 Å². The summed E-state index contributed by atoms with van der Waals surface area (Å²) in [6.07, 6.45) is 0. The monoisotopic (exact) mass is 234 g/mol. The smallest absolute Gasteiger partial charge is 0.113 e. The number of benzene rings is 2. The first kappa shape index (κ1) is 10.7. The SMILES string of the molecule is C=C(C)c1cc[c]c(-n2nnc3ccccc32)c1. The van der Waals surface area contributed by atoms with Crippen molar-refractivity contribution in [2.24, 2.45) is 0 Å². The van der Waals surface area contributed by atoms with Crippen LogP contribution in [0.3, 0.4) is 0 Å². The van der Waals surface area contributed by atoms with E-state index >= 15 is 0 Å². The predicted octanol–water partition coefficient (Wildman–Crippen LogP) is 3.25. The number of para-hydroxylation sites is 1. The minimum Gasteiger partial charge on any atom is -0.212 e. The van der Waals surface area contributed by atoms with Gasteiger partial charge in [-0.2, -0.15) is 0 Å². The summed E-state index contributed by atoms with van der Waals surface area (Å²) < 4.78 is 1.79. The van der Waals surface area contributed by atoms with E-state index in [0.717, 1.165) is 27.9 Å². The van der Waals surface area contributed by atoms with E-state index in [0.29, 0.717) is 0 Å². The highest BCUT2D eigenvalue weighted by Gasteiger charge is 2.06.